The van der Waals surface area contributed by atoms with Crippen LogP contribution >= 0.6 is 23.1 Å². The Morgan fingerprint density at radius 2 is 2.00 bits per heavy atom. The van der Waals surface area contributed by atoms with Crippen molar-refractivity contribution in [2.75, 3.05) is 5.32 Å². The van der Waals surface area contributed by atoms with E-state index >= 15 is 0 Å². The summed E-state index contributed by atoms with van der Waals surface area (Å²) in [6, 6.07) is 11.6. The first-order valence-corrected chi connectivity index (χ1v) is 10.00. The minimum absolute atomic E-state index is 0.225. The van der Waals surface area contributed by atoms with Crippen molar-refractivity contribution in [3.8, 4) is 0 Å². The number of benzene rings is 1. The third-order valence-electron chi connectivity index (χ3n) is 3.90. The Labute approximate surface area is 165 Å². The third kappa shape index (κ3) is 4.55. The lowest BCUT2D eigenvalue weighted by Gasteiger charge is -2.13. The maximum absolute atomic E-state index is 12.5. The number of thiophene rings is 1. The number of nitrogens with one attached hydrogen (secondary N) is 1. The van der Waals surface area contributed by atoms with E-state index in [2.05, 4.69) is 15.5 Å². The van der Waals surface area contributed by atoms with E-state index in [-0.39, 0.29) is 5.91 Å². The molecule has 0 spiro atoms. The van der Waals surface area contributed by atoms with Gasteiger partial charge in [-0.05, 0) is 30.9 Å². The van der Waals surface area contributed by atoms with Crippen LogP contribution in [0.25, 0.3) is 0 Å². The number of anilines is 1. The molecule has 0 saturated carbocycles. The van der Waals surface area contributed by atoms with Gasteiger partial charge in [-0.1, -0.05) is 42.1 Å². The van der Waals surface area contributed by atoms with Crippen LogP contribution in [0.1, 0.15) is 28.7 Å². The Kier molecular flexibility index (Phi) is 5.92. The molecule has 1 aromatic carbocycles. The molecule has 140 valence electrons. The van der Waals surface area contributed by atoms with Crippen LogP contribution in [-0.4, -0.2) is 31.8 Å². The largest absolute Gasteiger partial charge is 0.366 e. The summed E-state index contributed by atoms with van der Waals surface area (Å²) < 4.78 is 1.98. The number of thioether (sulfide) groups is 1. The molecule has 3 N–H and O–H groups in total. The molecule has 7 nitrogen and oxygen atoms in total. The number of carbonyl (C=O) groups excluding carboxylic acids is 2. The zero-order valence-corrected chi connectivity index (χ0v) is 16.5. The van der Waals surface area contributed by atoms with Crippen LogP contribution in [-0.2, 0) is 11.3 Å². The number of carbonyl (C=O) groups is 2. The molecule has 0 aliphatic carbocycles. The van der Waals surface area contributed by atoms with Crippen molar-refractivity contribution in [1.29, 1.82) is 0 Å². The molecule has 3 aromatic rings. The van der Waals surface area contributed by atoms with Gasteiger partial charge in [0.05, 0.1) is 17.4 Å². The number of nitrogens with zero attached hydrogens (tertiary/aromatic N) is 3. The fraction of sp³-hybridized carbons (Fsp3) is 0.222. The van der Waals surface area contributed by atoms with Gasteiger partial charge >= 0.3 is 0 Å². The summed E-state index contributed by atoms with van der Waals surface area (Å²) in [6.45, 7) is 4.30. The number of amides is 2. The Morgan fingerprint density at radius 3 is 2.70 bits per heavy atom. The molecule has 1 atom stereocenters. The maximum atomic E-state index is 12.5. The average molecular weight is 402 g/mol. The van der Waals surface area contributed by atoms with Gasteiger partial charge in [0.15, 0.2) is 5.16 Å². The second-order valence-corrected chi connectivity index (χ2v) is 8.10. The van der Waals surface area contributed by atoms with Crippen LogP contribution in [0.2, 0.25) is 0 Å². The van der Waals surface area contributed by atoms with Crippen molar-refractivity contribution in [3.63, 3.8) is 0 Å². The molecule has 27 heavy (non-hydrogen) atoms. The summed E-state index contributed by atoms with van der Waals surface area (Å²) in [6.07, 6.45) is 0. The molecular formula is C18H19N5O2S2. The second kappa shape index (κ2) is 8.36. The molecule has 0 saturated heterocycles. The molecule has 0 unspecified atom stereocenters. The minimum atomic E-state index is -0.565. The van der Waals surface area contributed by atoms with Gasteiger partial charge in [0.2, 0.25) is 5.91 Å². The summed E-state index contributed by atoms with van der Waals surface area (Å²) in [5, 5.41) is 13.5. The summed E-state index contributed by atoms with van der Waals surface area (Å²) >= 11 is 2.58. The lowest BCUT2D eigenvalue weighted by atomic mass is 10.2. The summed E-state index contributed by atoms with van der Waals surface area (Å²) in [4.78, 5) is 23.9. The van der Waals surface area contributed by atoms with Gasteiger partial charge in [-0.2, -0.15) is 0 Å². The minimum Gasteiger partial charge on any atom is -0.366 e. The molecule has 9 heteroatoms. The monoisotopic (exact) mass is 401 g/mol. The fourth-order valence-corrected chi connectivity index (χ4v) is 4.11. The van der Waals surface area contributed by atoms with E-state index in [1.807, 2.05) is 41.8 Å². The SMILES string of the molecule is Cc1nnc(S[C@H](C)C(=O)Nc2sccc2C(N)=O)n1Cc1ccccc1. The van der Waals surface area contributed by atoms with Crippen LogP contribution in [0, 0.1) is 6.92 Å². The third-order valence-corrected chi connectivity index (χ3v) is 5.81. The van der Waals surface area contributed by atoms with E-state index in [0.29, 0.717) is 22.3 Å². The fourth-order valence-electron chi connectivity index (χ4n) is 2.42. The van der Waals surface area contributed by atoms with Crippen LogP contribution in [0.3, 0.4) is 0 Å². The van der Waals surface area contributed by atoms with Gasteiger partial charge < -0.3 is 15.6 Å². The topological polar surface area (TPSA) is 103 Å². The highest BCUT2D eigenvalue weighted by Crippen LogP contribution is 2.27. The number of hydrogen-bond donors (Lipinski definition) is 2. The van der Waals surface area contributed by atoms with Crippen molar-refractivity contribution >= 4 is 39.9 Å². The maximum Gasteiger partial charge on any atom is 0.251 e. The number of nitrogens with two attached hydrogens (primary N) is 1. The molecular weight excluding hydrogens is 382 g/mol. The predicted molar refractivity (Wildman–Crippen MR) is 107 cm³/mol. The van der Waals surface area contributed by atoms with E-state index in [4.69, 9.17) is 5.73 Å². The molecule has 0 fully saturated rings. The van der Waals surface area contributed by atoms with Crippen LogP contribution in [0.5, 0.6) is 0 Å². The Hall–Kier alpha value is -2.65. The van der Waals surface area contributed by atoms with Crippen LogP contribution < -0.4 is 11.1 Å². The standard InChI is InChI=1S/C18H19N5O2S2/c1-11(16(25)20-17-14(15(19)24)8-9-26-17)27-18-22-21-12(2)23(18)10-13-6-4-3-5-7-13/h3-9,11H,10H2,1-2H3,(H2,19,24)(H,20,25)/t11-/m1/s1. The van der Waals surface area contributed by atoms with Gasteiger partial charge in [-0.25, -0.2) is 0 Å². The molecule has 0 radical (unpaired) electrons. The Bertz CT molecular complexity index is 952. The Balaban J connectivity index is 1.70. The first kappa shape index (κ1) is 19.1. The normalized spacial score (nSPS) is 11.9. The molecule has 2 amide bonds. The Morgan fingerprint density at radius 1 is 1.26 bits per heavy atom. The predicted octanol–water partition coefficient (Wildman–Crippen LogP) is 2.91. The van der Waals surface area contributed by atoms with Crippen LogP contribution in [0.4, 0.5) is 5.00 Å². The summed E-state index contributed by atoms with van der Waals surface area (Å²) in [5.74, 6) is -0.00909. The lowest BCUT2D eigenvalue weighted by molar-refractivity contribution is -0.115. The van der Waals surface area contributed by atoms with E-state index in [0.717, 1.165) is 11.4 Å². The number of hydrogen-bond acceptors (Lipinski definition) is 6. The molecule has 0 bridgehead atoms. The highest BCUT2D eigenvalue weighted by Gasteiger charge is 2.21. The molecule has 2 heterocycles. The van der Waals surface area contributed by atoms with E-state index < -0.39 is 11.2 Å². The number of primary amides is 1. The van der Waals surface area contributed by atoms with Gasteiger partial charge in [0.25, 0.3) is 5.91 Å². The first-order chi connectivity index (χ1) is 13.0. The van der Waals surface area contributed by atoms with Crippen molar-refractivity contribution in [2.24, 2.45) is 5.73 Å². The smallest absolute Gasteiger partial charge is 0.251 e. The summed E-state index contributed by atoms with van der Waals surface area (Å²) in [7, 11) is 0. The van der Waals surface area contributed by atoms with Crippen molar-refractivity contribution in [3.05, 3.63) is 58.7 Å². The van der Waals surface area contributed by atoms with E-state index in [1.165, 1.54) is 23.1 Å². The lowest BCUT2D eigenvalue weighted by Crippen LogP contribution is -2.24. The van der Waals surface area contributed by atoms with Crippen LogP contribution in [0.15, 0.2) is 46.9 Å². The summed E-state index contributed by atoms with van der Waals surface area (Å²) in [5.41, 5.74) is 6.76. The highest BCUT2D eigenvalue weighted by atomic mass is 32.2. The zero-order valence-electron chi connectivity index (χ0n) is 14.9. The van der Waals surface area contributed by atoms with Crippen molar-refractivity contribution in [2.45, 2.75) is 30.8 Å². The first-order valence-electron chi connectivity index (χ1n) is 8.24. The van der Waals surface area contributed by atoms with Gasteiger partial charge in [-0.15, -0.1) is 21.5 Å². The number of aromatic nitrogens is 3. The van der Waals surface area contributed by atoms with E-state index in [9.17, 15) is 9.59 Å². The quantitative estimate of drug-likeness (QED) is 0.593. The number of aryl methyl sites for hydroxylation is 1. The molecule has 0 aliphatic rings. The van der Waals surface area contributed by atoms with Gasteiger partial charge in [0, 0.05) is 0 Å². The molecule has 0 aliphatic heterocycles. The molecule has 3 rings (SSSR count). The average Bonchev–Trinajstić information content (AvgIpc) is 3.24. The van der Waals surface area contributed by atoms with Gasteiger partial charge in [0.1, 0.15) is 10.8 Å². The van der Waals surface area contributed by atoms with Gasteiger partial charge in [-0.3, -0.25) is 9.59 Å². The van der Waals surface area contributed by atoms with E-state index in [1.54, 1.807) is 18.4 Å². The van der Waals surface area contributed by atoms with Crippen molar-refractivity contribution in [1.82, 2.24) is 14.8 Å². The molecule has 2 aromatic heterocycles. The second-order valence-electron chi connectivity index (χ2n) is 5.88. The number of rotatable bonds is 7. The highest BCUT2D eigenvalue weighted by molar-refractivity contribution is 8.00. The zero-order chi connectivity index (χ0) is 19.4. The van der Waals surface area contributed by atoms with Crippen molar-refractivity contribution < 1.29 is 9.59 Å².